The first-order valence-electron chi connectivity index (χ1n) is 11.2. The molecule has 2 heterocycles. The number of aryl methyl sites for hydroxylation is 1. The highest BCUT2D eigenvalue weighted by Gasteiger charge is 2.52. The van der Waals surface area contributed by atoms with Crippen molar-refractivity contribution in [1.29, 1.82) is 0 Å². The van der Waals surface area contributed by atoms with E-state index < -0.39 is 11.7 Å². The summed E-state index contributed by atoms with van der Waals surface area (Å²) in [4.78, 5) is 13.4. The standard InChI is InChI=1S/C27H23F2NO3/c1-16-2-3-17(12-21(16)18-4-6-22-19(14-18)8-11-30-22)13-25(31)26(9-10-26)20-5-7-23-24(15-20)33-27(28,29)32-23/h2-7,12,14-15,30H,8-11,13H2,1H3. The largest absolute Gasteiger partial charge is 0.586 e. The number of hydrogen-bond acceptors (Lipinski definition) is 4. The Kier molecular flexibility index (Phi) is 4.31. The van der Waals surface area contributed by atoms with Gasteiger partial charge >= 0.3 is 6.29 Å². The molecule has 6 rings (SSSR count). The van der Waals surface area contributed by atoms with Gasteiger partial charge in [-0.3, -0.25) is 4.79 Å². The lowest BCUT2D eigenvalue weighted by Crippen LogP contribution is -2.26. The van der Waals surface area contributed by atoms with Gasteiger partial charge in [0.05, 0.1) is 5.41 Å². The molecule has 1 N–H and O–H groups in total. The summed E-state index contributed by atoms with van der Waals surface area (Å²) >= 11 is 0. The Hall–Kier alpha value is -3.41. The first kappa shape index (κ1) is 20.2. The first-order chi connectivity index (χ1) is 15.8. The Labute approximate surface area is 190 Å². The van der Waals surface area contributed by atoms with Gasteiger partial charge in [0.1, 0.15) is 5.78 Å². The van der Waals surface area contributed by atoms with Gasteiger partial charge in [-0.25, -0.2) is 0 Å². The zero-order valence-corrected chi connectivity index (χ0v) is 18.2. The molecule has 0 unspecified atom stereocenters. The summed E-state index contributed by atoms with van der Waals surface area (Å²) in [6.45, 7) is 3.04. The Bertz CT molecular complexity index is 1300. The quantitative estimate of drug-likeness (QED) is 0.538. The van der Waals surface area contributed by atoms with Crippen molar-refractivity contribution >= 4 is 11.5 Å². The SMILES string of the molecule is Cc1ccc(CC(=O)C2(c3ccc4c(c3)OC(F)(F)O4)CC2)cc1-c1ccc2c(c1)CCN2. The molecule has 1 saturated carbocycles. The summed E-state index contributed by atoms with van der Waals surface area (Å²) < 4.78 is 35.9. The molecule has 0 saturated heterocycles. The summed E-state index contributed by atoms with van der Waals surface area (Å²) in [6, 6.07) is 17.3. The number of halogens is 2. The predicted molar refractivity (Wildman–Crippen MR) is 121 cm³/mol. The van der Waals surface area contributed by atoms with Crippen molar-refractivity contribution in [2.75, 3.05) is 11.9 Å². The average Bonchev–Trinajstić information content (AvgIpc) is 3.35. The van der Waals surface area contributed by atoms with Gasteiger partial charge in [-0.15, -0.1) is 8.78 Å². The second kappa shape index (κ2) is 7.04. The number of rotatable bonds is 5. The smallest absolute Gasteiger partial charge is 0.395 e. The molecule has 1 fully saturated rings. The van der Waals surface area contributed by atoms with E-state index in [2.05, 4.69) is 52.0 Å². The molecule has 1 aliphatic carbocycles. The summed E-state index contributed by atoms with van der Waals surface area (Å²) in [6.07, 6.45) is -0.931. The highest BCUT2D eigenvalue weighted by atomic mass is 19.3. The minimum Gasteiger partial charge on any atom is -0.395 e. The van der Waals surface area contributed by atoms with E-state index in [4.69, 9.17) is 0 Å². The number of hydrogen-bond donors (Lipinski definition) is 1. The maximum atomic E-state index is 13.4. The Morgan fingerprint density at radius 2 is 1.82 bits per heavy atom. The molecule has 33 heavy (non-hydrogen) atoms. The van der Waals surface area contributed by atoms with Crippen LogP contribution in [0.3, 0.4) is 0 Å². The average molecular weight is 447 g/mol. The van der Waals surface area contributed by atoms with Gasteiger partial charge in [0.25, 0.3) is 0 Å². The van der Waals surface area contributed by atoms with E-state index in [1.807, 2.05) is 6.07 Å². The maximum absolute atomic E-state index is 13.4. The van der Waals surface area contributed by atoms with E-state index >= 15 is 0 Å². The van der Waals surface area contributed by atoms with E-state index in [0.29, 0.717) is 24.8 Å². The van der Waals surface area contributed by atoms with Crippen molar-refractivity contribution in [1.82, 2.24) is 0 Å². The normalized spacial score (nSPS) is 18.5. The number of nitrogens with one attached hydrogen (secondary N) is 1. The number of fused-ring (bicyclic) bond motifs is 2. The number of carbonyl (C=O) groups excluding carboxylic acids is 1. The van der Waals surface area contributed by atoms with Crippen LogP contribution in [0.1, 0.15) is 35.1 Å². The summed E-state index contributed by atoms with van der Waals surface area (Å²) in [5, 5.41) is 3.39. The van der Waals surface area contributed by atoms with Crippen LogP contribution in [-0.4, -0.2) is 18.6 Å². The second-order valence-corrected chi connectivity index (χ2v) is 9.21. The Morgan fingerprint density at radius 1 is 1.00 bits per heavy atom. The maximum Gasteiger partial charge on any atom is 0.586 e. The van der Waals surface area contributed by atoms with Crippen LogP contribution in [0.2, 0.25) is 0 Å². The number of Topliss-reactive ketones (excluding diaryl/α,β-unsaturated/α-hetero) is 1. The number of ether oxygens (including phenoxy) is 2. The summed E-state index contributed by atoms with van der Waals surface area (Å²) in [7, 11) is 0. The Morgan fingerprint density at radius 3 is 2.64 bits per heavy atom. The van der Waals surface area contributed by atoms with E-state index in [0.717, 1.165) is 35.2 Å². The van der Waals surface area contributed by atoms with Crippen LogP contribution in [-0.2, 0) is 23.1 Å². The molecule has 6 heteroatoms. The van der Waals surface area contributed by atoms with Crippen molar-refractivity contribution in [2.45, 2.75) is 44.3 Å². The minimum absolute atomic E-state index is 0.000258. The van der Waals surface area contributed by atoms with Crippen LogP contribution < -0.4 is 14.8 Å². The lowest BCUT2D eigenvalue weighted by Gasteiger charge is -2.16. The molecule has 3 aromatic rings. The molecule has 0 bridgehead atoms. The van der Waals surface area contributed by atoms with Crippen LogP contribution in [0, 0.1) is 6.92 Å². The zero-order valence-electron chi connectivity index (χ0n) is 18.2. The van der Waals surface area contributed by atoms with Gasteiger partial charge in [-0.05, 0) is 83.8 Å². The molecule has 0 atom stereocenters. The number of ketones is 1. The lowest BCUT2D eigenvalue weighted by atomic mass is 9.86. The van der Waals surface area contributed by atoms with E-state index in [1.54, 1.807) is 6.07 Å². The van der Waals surface area contributed by atoms with Crippen LogP contribution in [0.25, 0.3) is 11.1 Å². The van der Waals surface area contributed by atoms with Gasteiger partial charge < -0.3 is 14.8 Å². The zero-order chi connectivity index (χ0) is 22.8. The molecule has 3 aliphatic rings. The van der Waals surface area contributed by atoms with Crippen molar-refractivity contribution in [3.8, 4) is 22.6 Å². The van der Waals surface area contributed by atoms with Crippen LogP contribution in [0.15, 0.2) is 54.6 Å². The third kappa shape index (κ3) is 3.45. The van der Waals surface area contributed by atoms with E-state index in [-0.39, 0.29) is 17.3 Å². The summed E-state index contributed by atoms with van der Waals surface area (Å²) in [5.41, 5.74) is 6.99. The molecule has 0 spiro atoms. The predicted octanol–water partition coefficient (Wildman–Crippen LogP) is 5.79. The molecule has 0 amide bonds. The third-order valence-corrected chi connectivity index (χ3v) is 7.03. The number of alkyl halides is 2. The highest BCUT2D eigenvalue weighted by molar-refractivity contribution is 5.95. The Balaban J connectivity index is 1.26. The molecule has 168 valence electrons. The monoisotopic (exact) mass is 447 g/mol. The molecular weight excluding hydrogens is 424 g/mol. The van der Waals surface area contributed by atoms with E-state index in [9.17, 15) is 13.6 Å². The van der Waals surface area contributed by atoms with Crippen molar-refractivity contribution < 1.29 is 23.0 Å². The summed E-state index contributed by atoms with van der Waals surface area (Å²) in [5.74, 6) is 0.0844. The molecular formula is C27H23F2NO3. The molecule has 2 aliphatic heterocycles. The van der Waals surface area contributed by atoms with Crippen LogP contribution in [0.5, 0.6) is 11.5 Å². The van der Waals surface area contributed by atoms with Crippen molar-refractivity contribution in [3.05, 3.63) is 76.9 Å². The number of anilines is 1. The topological polar surface area (TPSA) is 47.6 Å². The van der Waals surface area contributed by atoms with Gasteiger partial charge in [-0.1, -0.05) is 30.3 Å². The van der Waals surface area contributed by atoms with E-state index in [1.165, 1.54) is 23.4 Å². The highest BCUT2D eigenvalue weighted by Crippen LogP contribution is 2.52. The fourth-order valence-electron chi connectivity index (χ4n) is 5.02. The fraction of sp³-hybridized carbons (Fsp3) is 0.296. The molecule has 0 radical (unpaired) electrons. The molecule has 3 aromatic carbocycles. The molecule has 0 aromatic heterocycles. The minimum atomic E-state index is -3.66. The first-order valence-corrected chi connectivity index (χ1v) is 11.2. The van der Waals surface area contributed by atoms with Gasteiger partial charge in [-0.2, -0.15) is 0 Å². The van der Waals surface area contributed by atoms with Gasteiger partial charge in [0.2, 0.25) is 0 Å². The van der Waals surface area contributed by atoms with Crippen LogP contribution in [0.4, 0.5) is 14.5 Å². The van der Waals surface area contributed by atoms with Crippen molar-refractivity contribution in [2.24, 2.45) is 0 Å². The van der Waals surface area contributed by atoms with Crippen molar-refractivity contribution in [3.63, 3.8) is 0 Å². The fourth-order valence-corrected chi connectivity index (χ4v) is 5.02. The third-order valence-electron chi connectivity index (χ3n) is 7.03. The van der Waals surface area contributed by atoms with Crippen LogP contribution >= 0.6 is 0 Å². The van der Waals surface area contributed by atoms with Gasteiger partial charge in [0.15, 0.2) is 11.5 Å². The number of benzene rings is 3. The number of carbonyl (C=O) groups is 1. The second-order valence-electron chi connectivity index (χ2n) is 9.21. The molecule has 4 nitrogen and oxygen atoms in total. The van der Waals surface area contributed by atoms with Gasteiger partial charge in [0, 0.05) is 18.7 Å². The lowest BCUT2D eigenvalue weighted by molar-refractivity contribution is -0.286.